The molecule has 2 heterocycles. The van der Waals surface area contributed by atoms with E-state index in [9.17, 15) is 9.59 Å². The van der Waals surface area contributed by atoms with Crippen molar-refractivity contribution in [3.63, 3.8) is 0 Å². The van der Waals surface area contributed by atoms with Gasteiger partial charge in [0.2, 0.25) is 0 Å². The van der Waals surface area contributed by atoms with Crippen LogP contribution in [0, 0.1) is 12.3 Å². The zero-order chi connectivity index (χ0) is 26.5. The van der Waals surface area contributed by atoms with Crippen LogP contribution in [0.15, 0.2) is 41.2 Å². The second-order valence-electron chi connectivity index (χ2n) is 9.11. The van der Waals surface area contributed by atoms with Gasteiger partial charge < -0.3 is 15.1 Å². The Labute approximate surface area is 220 Å². The van der Waals surface area contributed by atoms with Crippen LogP contribution >= 0.6 is 11.6 Å². The van der Waals surface area contributed by atoms with Gasteiger partial charge in [-0.3, -0.25) is 19.2 Å². The van der Waals surface area contributed by atoms with E-state index in [1.54, 1.807) is 35.9 Å². The summed E-state index contributed by atoms with van der Waals surface area (Å²) in [6.45, 7) is 5.41. The van der Waals surface area contributed by atoms with E-state index < -0.39 is 5.97 Å². The average molecular weight is 524 g/mol. The van der Waals surface area contributed by atoms with Gasteiger partial charge in [0, 0.05) is 57.0 Å². The number of fused-ring (bicyclic) bond motifs is 1. The molecule has 0 amide bonds. The van der Waals surface area contributed by atoms with Crippen molar-refractivity contribution in [2.24, 2.45) is 7.05 Å². The maximum Gasteiger partial charge on any atom is 0.335 e. The van der Waals surface area contributed by atoms with Gasteiger partial charge >= 0.3 is 5.97 Å². The number of rotatable bonds is 9. The minimum atomic E-state index is -1.00. The number of β-amino-alcohol motifs (C(OH)–C–C–N with tert-alkyl or cyclic N) is 1. The lowest BCUT2D eigenvalue weighted by Crippen LogP contribution is -2.47. The summed E-state index contributed by atoms with van der Waals surface area (Å²) in [5.41, 5.74) is 2.05. The first kappa shape index (κ1) is 26.6. The largest absolute Gasteiger partial charge is 0.478 e. The Morgan fingerprint density at radius 3 is 2.46 bits per heavy atom. The van der Waals surface area contributed by atoms with Gasteiger partial charge in [0.15, 0.2) is 0 Å². The molecule has 194 valence electrons. The van der Waals surface area contributed by atoms with Gasteiger partial charge in [0.25, 0.3) is 5.56 Å². The number of aliphatic hydroxyl groups excluding tert-OH is 1. The second-order valence-corrected chi connectivity index (χ2v) is 9.51. The molecule has 0 radical (unpaired) electrons. The predicted molar refractivity (Wildman–Crippen MR) is 144 cm³/mol. The number of aromatic nitrogens is 2. The first-order chi connectivity index (χ1) is 17.8. The molecule has 1 aromatic heterocycles. The topological polar surface area (TPSA) is 102 Å². The Hall–Kier alpha value is -3.42. The Bertz CT molecular complexity index is 1370. The lowest BCUT2D eigenvalue weighted by atomic mass is 10.1. The Balaban J connectivity index is 1.58. The second kappa shape index (κ2) is 11.8. The zero-order valence-corrected chi connectivity index (χ0v) is 21.5. The number of hydrogen-bond acceptors (Lipinski definition) is 7. The van der Waals surface area contributed by atoms with E-state index in [-0.39, 0.29) is 24.3 Å². The first-order valence-corrected chi connectivity index (χ1v) is 12.4. The van der Waals surface area contributed by atoms with Gasteiger partial charge in [-0.2, -0.15) is 0 Å². The Morgan fingerprint density at radius 2 is 1.84 bits per heavy atom. The van der Waals surface area contributed by atoms with Gasteiger partial charge in [-0.15, -0.1) is 6.42 Å². The number of carboxylic acid groups (broad SMARTS) is 1. The molecule has 1 fully saturated rings. The number of nitrogens with zero attached hydrogens (tertiary/aromatic N) is 5. The molecule has 1 aliphatic rings. The summed E-state index contributed by atoms with van der Waals surface area (Å²) in [4.78, 5) is 35.6. The fourth-order valence-electron chi connectivity index (χ4n) is 4.53. The monoisotopic (exact) mass is 523 g/mol. The number of aromatic carboxylic acids is 1. The van der Waals surface area contributed by atoms with Crippen LogP contribution < -0.4 is 10.5 Å². The van der Waals surface area contributed by atoms with Crippen LogP contribution in [0.25, 0.3) is 10.9 Å². The third-order valence-corrected chi connectivity index (χ3v) is 7.06. The summed E-state index contributed by atoms with van der Waals surface area (Å²) in [5.74, 6) is 2.30. The van der Waals surface area contributed by atoms with Crippen LogP contribution in [0.2, 0.25) is 5.02 Å². The van der Waals surface area contributed by atoms with E-state index in [1.807, 2.05) is 4.90 Å². The third-order valence-electron chi connectivity index (χ3n) is 6.71. The number of carboxylic acids is 1. The summed E-state index contributed by atoms with van der Waals surface area (Å²) in [5, 5.41) is 19.3. The van der Waals surface area contributed by atoms with Gasteiger partial charge in [0.1, 0.15) is 5.82 Å². The van der Waals surface area contributed by atoms with E-state index in [1.165, 1.54) is 12.1 Å². The SMILES string of the molecule is C#CCN(Cc1cc2c(=O)n(C)c(CN3CCN(CCO)CC3)nc2cc1Cl)c1ccc(C(=O)O)cc1. The normalized spacial score (nSPS) is 14.5. The molecule has 2 aromatic carbocycles. The fourth-order valence-corrected chi connectivity index (χ4v) is 4.75. The van der Waals surface area contributed by atoms with Gasteiger partial charge in [-0.25, -0.2) is 9.78 Å². The standard InChI is InChI=1S/C27H30ClN5O4/c1-3-8-33(21-6-4-19(5-7-21)27(36)37)17-20-15-22-24(16-23(20)28)29-25(30(2)26(22)35)18-32-11-9-31(10-12-32)13-14-34/h1,4-7,15-16,34H,8-14,17-18H2,2H3,(H,36,37). The fraction of sp³-hybridized carbons (Fsp3) is 0.370. The lowest BCUT2D eigenvalue weighted by Gasteiger charge is -2.34. The number of aliphatic hydroxyl groups is 1. The quantitative estimate of drug-likeness (QED) is 0.411. The van der Waals surface area contributed by atoms with Crippen LogP contribution in [0.4, 0.5) is 5.69 Å². The number of terminal acetylenes is 1. The van der Waals surface area contributed by atoms with E-state index in [4.69, 9.17) is 33.2 Å². The van der Waals surface area contributed by atoms with E-state index in [2.05, 4.69) is 15.7 Å². The highest BCUT2D eigenvalue weighted by atomic mass is 35.5. The summed E-state index contributed by atoms with van der Waals surface area (Å²) >= 11 is 6.64. The van der Waals surface area contributed by atoms with Crippen LogP contribution in [0.1, 0.15) is 21.7 Å². The highest BCUT2D eigenvalue weighted by molar-refractivity contribution is 6.32. The number of benzene rings is 2. The highest BCUT2D eigenvalue weighted by Gasteiger charge is 2.20. The van der Waals surface area contributed by atoms with Gasteiger partial charge in [-0.1, -0.05) is 17.5 Å². The Morgan fingerprint density at radius 1 is 1.16 bits per heavy atom. The van der Waals surface area contributed by atoms with Crippen molar-refractivity contribution in [2.75, 3.05) is 50.8 Å². The molecular formula is C27H30ClN5O4. The summed E-state index contributed by atoms with van der Waals surface area (Å²) in [6.07, 6.45) is 5.59. The predicted octanol–water partition coefficient (Wildman–Crippen LogP) is 2.03. The molecule has 1 aliphatic heterocycles. The van der Waals surface area contributed by atoms with Crippen molar-refractivity contribution in [1.29, 1.82) is 0 Å². The minimum absolute atomic E-state index is 0.147. The lowest BCUT2D eigenvalue weighted by molar-refractivity contribution is 0.0697. The van der Waals surface area contributed by atoms with Crippen LogP contribution in [0.5, 0.6) is 0 Å². The molecule has 0 atom stereocenters. The van der Waals surface area contributed by atoms with Crippen molar-refractivity contribution in [3.05, 3.63) is 68.7 Å². The summed E-state index contributed by atoms with van der Waals surface area (Å²) in [6, 6.07) is 9.93. The molecule has 0 spiro atoms. The van der Waals surface area contributed by atoms with Gasteiger partial charge in [-0.05, 0) is 42.0 Å². The molecule has 0 aliphatic carbocycles. The highest BCUT2D eigenvalue weighted by Crippen LogP contribution is 2.26. The van der Waals surface area contributed by atoms with E-state index >= 15 is 0 Å². The number of halogens is 1. The number of piperazine rings is 1. The molecule has 1 saturated heterocycles. The molecular weight excluding hydrogens is 494 g/mol. The van der Waals surface area contributed by atoms with Crippen molar-refractivity contribution in [2.45, 2.75) is 13.1 Å². The Kier molecular flexibility index (Phi) is 8.46. The molecule has 0 unspecified atom stereocenters. The van der Waals surface area contributed by atoms with Crippen LogP contribution in [0.3, 0.4) is 0 Å². The van der Waals surface area contributed by atoms with Crippen molar-refractivity contribution in [1.82, 2.24) is 19.4 Å². The smallest absolute Gasteiger partial charge is 0.335 e. The molecule has 37 heavy (non-hydrogen) atoms. The maximum atomic E-state index is 13.3. The molecule has 0 bridgehead atoms. The number of anilines is 1. The van der Waals surface area contributed by atoms with E-state index in [0.29, 0.717) is 41.4 Å². The van der Waals surface area contributed by atoms with Crippen LogP contribution in [-0.2, 0) is 20.1 Å². The third kappa shape index (κ3) is 6.12. The van der Waals surface area contributed by atoms with Gasteiger partial charge in [0.05, 0.1) is 36.2 Å². The number of hydrogen-bond donors (Lipinski definition) is 2. The molecule has 10 heteroatoms. The molecule has 0 saturated carbocycles. The minimum Gasteiger partial charge on any atom is -0.478 e. The maximum absolute atomic E-state index is 13.3. The van der Waals surface area contributed by atoms with Crippen molar-refractivity contribution >= 4 is 34.2 Å². The average Bonchev–Trinajstić information content (AvgIpc) is 2.89. The summed E-state index contributed by atoms with van der Waals surface area (Å²) < 4.78 is 1.59. The van der Waals surface area contributed by atoms with Crippen LogP contribution in [-0.4, -0.2) is 81.4 Å². The summed E-state index contributed by atoms with van der Waals surface area (Å²) in [7, 11) is 1.73. The first-order valence-electron chi connectivity index (χ1n) is 12.1. The molecule has 9 nitrogen and oxygen atoms in total. The molecule has 4 rings (SSSR count). The van der Waals surface area contributed by atoms with E-state index in [0.717, 1.165) is 37.4 Å². The van der Waals surface area contributed by atoms with Crippen molar-refractivity contribution in [3.8, 4) is 12.3 Å². The van der Waals surface area contributed by atoms with Crippen molar-refractivity contribution < 1.29 is 15.0 Å². The molecule has 3 aromatic rings. The molecule has 2 N–H and O–H groups in total. The zero-order valence-electron chi connectivity index (χ0n) is 20.7. The number of carbonyl (C=O) groups is 1.